The van der Waals surface area contributed by atoms with Crippen molar-refractivity contribution in [1.29, 1.82) is 0 Å². The predicted octanol–water partition coefficient (Wildman–Crippen LogP) is 2.85. The number of pyridine rings is 1. The summed E-state index contributed by atoms with van der Waals surface area (Å²) in [6.07, 6.45) is 1.96. The normalized spacial score (nSPS) is 10.2. The fourth-order valence-electron chi connectivity index (χ4n) is 1.62. The number of carbonyl (C=O) groups is 1. The second-order valence-corrected chi connectivity index (χ2v) is 4.44. The van der Waals surface area contributed by atoms with Crippen LogP contribution in [0.3, 0.4) is 0 Å². The van der Waals surface area contributed by atoms with Crippen LogP contribution in [0.5, 0.6) is 0 Å². The Morgan fingerprint density at radius 1 is 1.26 bits per heavy atom. The average Bonchev–Trinajstić information content (AvgIpc) is 2.41. The van der Waals surface area contributed by atoms with Crippen molar-refractivity contribution < 1.29 is 9.18 Å². The number of carbonyl (C=O) groups excluding carboxylic acids is 1. The highest BCUT2D eigenvalue weighted by Crippen LogP contribution is 2.09. The minimum Gasteiger partial charge on any atom is -0.352 e. The molecule has 1 amide bonds. The molecule has 0 fully saturated rings. The Morgan fingerprint density at radius 3 is 2.68 bits per heavy atom. The van der Waals surface area contributed by atoms with Gasteiger partial charge in [0, 0.05) is 29.4 Å². The molecule has 2 rings (SSSR count). The molecule has 0 aliphatic rings. The van der Waals surface area contributed by atoms with Crippen LogP contribution in [0.25, 0.3) is 0 Å². The Bertz CT molecular complexity index is 572. The molecule has 19 heavy (non-hydrogen) atoms. The van der Waals surface area contributed by atoms with E-state index >= 15 is 0 Å². The summed E-state index contributed by atoms with van der Waals surface area (Å²) >= 11 is 5.78. The van der Waals surface area contributed by atoms with Crippen LogP contribution in [0.15, 0.2) is 42.6 Å². The lowest BCUT2D eigenvalue weighted by Gasteiger charge is -2.05. The lowest BCUT2D eigenvalue weighted by molar-refractivity contribution is 0.0953. The van der Waals surface area contributed by atoms with Gasteiger partial charge in [0.2, 0.25) is 5.95 Å². The Morgan fingerprint density at radius 2 is 2.00 bits per heavy atom. The molecule has 0 bridgehead atoms. The first-order valence-corrected chi connectivity index (χ1v) is 6.17. The molecule has 1 aromatic carbocycles. The minimum absolute atomic E-state index is 0.267. The van der Waals surface area contributed by atoms with Crippen LogP contribution in [0, 0.1) is 5.95 Å². The van der Waals surface area contributed by atoms with E-state index in [4.69, 9.17) is 11.6 Å². The molecule has 1 aromatic heterocycles. The Labute approximate surface area is 115 Å². The van der Waals surface area contributed by atoms with Crippen molar-refractivity contribution in [3.05, 3.63) is 64.7 Å². The van der Waals surface area contributed by atoms with E-state index in [0.717, 1.165) is 11.6 Å². The minimum atomic E-state index is -0.662. The standard InChI is InChI=1S/C14H12ClFN2O/c15-12-3-1-10(2-4-12)5-7-18-14(19)11-6-8-17-13(16)9-11/h1-4,6,8-9H,5,7H2,(H,18,19). The van der Waals surface area contributed by atoms with Gasteiger partial charge >= 0.3 is 0 Å². The molecule has 0 aliphatic heterocycles. The number of hydrogen-bond acceptors (Lipinski definition) is 2. The third-order valence-electron chi connectivity index (χ3n) is 2.60. The molecule has 0 saturated heterocycles. The smallest absolute Gasteiger partial charge is 0.251 e. The van der Waals surface area contributed by atoms with E-state index in [9.17, 15) is 9.18 Å². The summed E-state index contributed by atoms with van der Waals surface area (Å²) < 4.78 is 12.8. The molecule has 3 nitrogen and oxygen atoms in total. The molecule has 0 spiro atoms. The van der Waals surface area contributed by atoms with Crippen LogP contribution in [0.4, 0.5) is 4.39 Å². The van der Waals surface area contributed by atoms with E-state index in [-0.39, 0.29) is 11.5 Å². The number of nitrogens with zero attached hydrogens (tertiary/aromatic N) is 1. The summed E-state index contributed by atoms with van der Waals surface area (Å²) in [6, 6.07) is 9.99. The molecule has 1 heterocycles. The molecule has 5 heteroatoms. The molecule has 0 unspecified atom stereocenters. The maximum Gasteiger partial charge on any atom is 0.251 e. The van der Waals surface area contributed by atoms with Crippen LogP contribution >= 0.6 is 11.6 Å². The number of nitrogens with one attached hydrogen (secondary N) is 1. The van der Waals surface area contributed by atoms with Gasteiger partial charge in [-0.2, -0.15) is 4.39 Å². The van der Waals surface area contributed by atoms with Gasteiger partial charge in [0.1, 0.15) is 0 Å². The molecule has 0 aliphatic carbocycles. The largest absolute Gasteiger partial charge is 0.352 e. The van der Waals surface area contributed by atoms with Crippen molar-refractivity contribution >= 4 is 17.5 Å². The maximum atomic E-state index is 12.8. The van der Waals surface area contributed by atoms with Crippen molar-refractivity contribution in [1.82, 2.24) is 10.3 Å². The first-order valence-electron chi connectivity index (χ1n) is 5.79. The third kappa shape index (κ3) is 4.03. The SMILES string of the molecule is O=C(NCCc1ccc(Cl)cc1)c1ccnc(F)c1. The van der Waals surface area contributed by atoms with Crippen LogP contribution in [0.2, 0.25) is 5.02 Å². The fourth-order valence-corrected chi connectivity index (χ4v) is 1.74. The Balaban J connectivity index is 1.86. The zero-order chi connectivity index (χ0) is 13.7. The lowest BCUT2D eigenvalue weighted by atomic mass is 10.1. The molecule has 98 valence electrons. The Hall–Kier alpha value is -1.94. The second-order valence-electron chi connectivity index (χ2n) is 4.00. The number of amides is 1. The van der Waals surface area contributed by atoms with Gasteiger partial charge in [-0.15, -0.1) is 0 Å². The molecular weight excluding hydrogens is 267 g/mol. The van der Waals surface area contributed by atoms with Gasteiger partial charge in [0.25, 0.3) is 5.91 Å². The first-order chi connectivity index (χ1) is 9.15. The van der Waals surface area contributed by atoms with Gasteiger partial charge < -0.3 is 5.32 Å². The van der Waals surface area contributed by atoms with Gasteiger partial charge in [0.05, 0.1) is 0 Å². The van der Waals surface area contributed by atoms with E-state index in [1.165, 1.54) is 12.3 Å². The molecule has 0 radical (unpaired) electrons. The van der Waals surface area contributed by atoms with E-state index in [2.05, 4.69) is 10.3 Å². The summed E-state index contributed by atoms with van der Waals surface area (Å²) in [7, 11) is 0. The van der Waals surface area contributed by atoms with Gasteiger partial charge in [-0.1, -0.05) is 23.7 Å². The van der Waals surface area contributed by atoms with Gasteiger partial charge in [-0.05, 0) is 30.2 Å². The molecule has 2 aromatic rings. The predicted molar refractivity (Wildman–Crippen MR) is 71.7 cm³/mol. The van der Waals surface area contributed by atoms with E-state index in [1.807, 2.05) is 12.1 Å². The molecular formula is C14H12ClFN2O. The van der Waals surface area contributed by atoms with Gasteiger partial charge in [-0.25, -0.2) is 4.98 Å². The highest BCUT2D eigenvalue weighted by Gasteiger charge is 2.06. The number of benzene rings is 1. The molecule has 1 N–H and O–H groups in total. The topological polar surface area (TPSA) is 42.0 Å². The number of aromatic nitrogens is 1. The maximum absolute atomic E-state index is 12.8. The monoisotopic (exact) mass is 278 g/mol. The number of hydrogen-bond donors (Lipinski definition) is 1. The van der Waals surface area contributed by atoms with Crippen molar-refractivity contribution in [2.75, 3.05) is 6.54 Å². The summed E-state index contributed by atoms with van der Waals surface area (Å²) in [6.45, 7) is 0.477. The van der Waals surface area contributed by atoms with Crippen LogP contribution in [0.1, 0.15) is 15.9 Å². The van der Waals surface area contributed by atoms with Crippen LogP contribution in [-0.4, -0.2) is 17.4 Å². The average molecular weight is 279 g/mol. The van der Waals surface area contributed by atoms with E-state index in [1.54, 1.807) is 12.1 Å². The summed E-state index contributed by atoms with van der Waals surface area (Å²) in [5, 5.41) is 3.40. The quantitative estimate of drug-likeness (QED) is 0.874. The fraction of sp³-hybridized carbons (Fsp3) is 0.143. The van der Waals surface area contributed by atoms with Crippen LogP contribution < -0.4 is 5.32 Å². The van der Waals surface area contributed by atoms with E-state index in [0.29, 0.717) is 18.0 Å². The van der Waals surface area contributed by atoms with Crippen molar-refractivity contribution in [3.63, 3.8) is 0 Å². The Kier molecular flexibility index (Phi) is 4.47. The highest BCUT2D eigenvalue weighted by molar-refractivity contribution is 6.30. The third-order valence-corrected chi connectivity index (χ3v) is 2.85. The van der Waals surface area contributed by atoms with Crippen molar-refractivity contribution in [2.45, 2.75) is 6.42 Å². The number of halogens is 2. The summed E-state index contributed by atoms with van der Waals surface area (Å²) in [5.41, 5.74) is 1.34. The summed E-state index contributed by atoms with van der Waals surface area (Å²) in [5.74, 6) is -0.972. The first kappa shape index (κ1) is 13.5. The van der Waals surface area contributed by atoms with Crippen molar-refractivity contribution in [2.24, 2.45) is 0 Å². The second kappa shape index (κ2) is 6.29. The molecule has 0 saturated carbocycles. The van der Waals surface area contributed by atoms with Crippen LogP contribution in [-0.2, 0) is 6.42 Å². The summed E-state index contributed by atoms with van der Waals surface area (Å²) in [4.78, 5) is 15.1. The van der Waals surface area contributed by atoms with Gasteiger partial charge in [-0.3, -0.25) is 4.79 Å². The zero-order valence-corrected chi connectivity index (χ0v) is 10.8. The lowest BCUT2D eigenvalue weighted by Crippen LogP contribution is -2.25. The number of rotatable bonds is 4. The highest BCUT2D eigenvalue weighted by atomic mass is 35.5. The van der Waals surface area contributed by atoms with E-state index < -0.39 is 5.95 Å². The molecule has 0 atom stereocenters. The van der Waals surface area contributed by atoms with Gasteiger partial charge in [0.15, 0.2) is 0 Å². The van der Waals surface area contributed by atoms with Crippen molar-refractivity contribution in [3.8, 4) is 0 Å². The zero-order valence-electron chi connectivity index (χ0n) is 10.1.